The van der Waals surface area contributed by atoms with Gasteiger partial charge < -0.3 is 14.8 Å². The summed E-state index contributed by atoms with van der Waals surface area (Å²) in [6.45, 7) is 0. The number of carbonyl (C=O) groups excluding carboxylic acids is 3. The van der Waals surface area contributed by atoms with Crippen LogP contribution in [0.2, 0.25) is 0 Å². The summed E-state index contributed by atoms with van der Waals surface area (Å²) < 4.78 is 23.9. The fourth-order valence-electron chi connectivity index (χ4n) is 4.73. The number of methoxy groups -OCH3 is 2. The van der Waals surface area contributed by atoms with Gasteiger partial charge in [0.15, 0.2) is 0 Å². The largest absolute Gasteiger partial charge is 0.497 e. The lowest BCUT2D eigenvalue weighted by molar-refractivity contribution is -0.141. The SMILES string of the molecule is COC(=O)CCC1(NC(=O)c2cc3ccccc3cn2)C(=O)N(c2ccc(F)cc2)c2cc(OC)ccc21. The zero-order valence-corrected chi connectivity index (χ0v) is 20.7. The van der Waals surface area contributed by atoms with Gasteiger partial charge in [0.25, 0.3) is 11.8 Å². The van der Waals surface area contributed by atoms with Crippen molar-refractivity contribution in [2.24, 2.45) is 0 Å². The minimum Gasteiger partial charge on any atom is -0.497 e. The average Bonchev–Trinajstić information content (AvgIpc) is 3.18. The summed E-state index contributed by atoms with van der Waals surface area (Å²) in [7, 11) is 2.76. The van der Waals surface area contributed by atoms with E-state index < -0.39 is 29.1 Å². The molecule has 0 fully saturated rings. The number of nitrogens with zero attached hydrogens (tertiary/aromatic N) is 2. The van der Waals surface area contributed by atoms with Crippen LogP contribution >= 0.6 is 0 Å². The fraction of sp³-hybridized carbons (Fsp3) is 0.172. The van der Waals surface area contributed by atoms with E-state index >= 15 is 0 Å². The van der Waals surface area contributed by atoms with E-state index in [1.54, 1.807) is 30.5 Å². The number of fused-ring (bicyclic) bond motifs is 2. The number of ether oxygens (including phenoxy) is 2. The third kappa shape index (κ3) is 4.32. The molecule has 1 unspecified atom stereocenters. The number of hydrogen-bond acceptors (Lipinski definition) is 6. The van der Waals surface area contributed by atoms with Crippen LogP contribution in [0.25, 0.3) is 10.8 Å². The molecule has 192 valence electrons. The number of esters is 1. The van der Waals surface area contributed by atoms with E-state index in [0.717, 1.165) is 10.8 Å². The van der Waals surface area contributed by atoms with E-state index in [0.29, 0.717) is 22.7 Å². The molecule has 1 atom stereocenters. The molecule has 1 aliphatic rings. The molecule has 3 aromatic carbocycles. The maximum absolute atomic E-state index is 14.3. The van der Waals surface area contributed by atoms with E-state index in [9.17, 15) is 18.8 Å². The van der Waals surface area contributed by atoms with Gasteiger partial charge in [-0.25, -0.2) is 4.39 Å². The van der Waals surface area contributed by atoms with Gasteiger partial charge in [0, 0.05) is 35.3 Å². The highest BCUT2D eigenvalue weighted by Crippen LogP contribution is 2.48. The van der Waals surface area contributed by atoms with Crippen molar-refractivity contribution < 1.29 is 28.2 Å². The lowest BCUT2D eigenvalue weighted by atomic mass is 9.86. The Morgan fingerprint density at radius 2 is 1.74 bits per heavy atom. The third-order valence-electron chi connectivity index (χ3n) is 6.68. The summed E-state index contributed by atoms with van der Waals surface area (Å²) in [5.74, 6) is -1.61. The Morgan fingerprint density at radius 1 is 1.00 bits per heavy atom. The first-order valence-corrected chi connectivity index (χ1v) is 11.9. The number of hydrogen-bond donors (Lipinski definition) is 1. The molecular weight excluding hydrogens is 489 g/mol. The van der Waals surface area contributed by atoms with Crippen molar-refractivity contribution in [3.05, 3.63) is 96.1 Å². The quantitative estimate of drug-likeness (QED) is 0.362. The van der Waals surface area contributed by atoms with Gasteiger partial charge in [-0.3, -0.25) is 24.3 Å². The lowest BCUT2D eigenvalue weighted by Crippen LogP contribution is -2.52. The summed E-state index contributed by atoms with van der Waals surface area (Å²) in [4.78, 5) is 45.7. The highest BCUT2D eigenvalue weighted by atomic mass is 19.1. The Hall–Kier alpha value is -4.79. The summed E-state index contributed by atoms with van der Waals surface area (Å²) in [5, 5.41) is 4.57. The molecule has 1 aliphatic heterocycles. The van der Waals surface area contributed by atoms with E-state index in [4.69, 9.17) is 9.47 Å². The van der Waals surface area contributed by atoms with Crippen molar-refractivity contribution in [3.8, 4) is 5.75 Å². The van der Waals surface area contributed by atoms with Crippen molar-refractivity contribution in [2.75, 3.05) is 19.1 Å². The van der Waals surface area contributed by atoms with Crippen LogP contribution in [-0.2, 0) is 19.9 Å². The molecule has 4 aromatic rings. The van der Waals surface area contributed by atoms with Crippen LogP contribution in [0.4, 0.5) is 15.8 Å². The highest BCUT2D eigenvalue weighted by molar-refractivity contribution is 6.15. The first-order chi connectivity index (χ1) is 18.4. The van der Waals surface area contributed by atoms with Gasteiger partial charge in [-0.05, 0) is 48.2 Å². The Balaban J connectivity index is 1.63. The molecule has 0 bridgehead atoms. The van der Waals surface area contributed by atoms with Crippen LogP contribution in [-0.4, -0.2) is 37.0 Å². The number of rotatable bonds is 7. The van der Waals surface area contributed by atoms with Crippen LogP contribution in [0.3, 0.4) is 0 Å². The van der Waals surface area contributed by atoms with Crippen molar-refractivity contribution >= 4 is 39.9 Å². The number of aromatic nitrogens is 1. The Morgan fingerprint density at radius 3 is 2.45 bits per heavy atom. The molecule has 8 nitrogen and oxygen atoms in total. The van der Waals surface area contributed by atoms with E-state index in [1.807, 2.05) is 24.3 Å². The minimum absolute atomic E-state index is 0.0746. The molecule has 1 N–H and O–H groups in total. The first-order valence-electron chi connectivity index (χ1n) is 11.9. The van der Waals surface area contributed by atoms with Gasteiger partial charge in [0.05, 0.1) is 19.9 Å². The number of nitrogens with one attached hydrogen (secondary N) is 1. The van der Waals surface area contributed by atoms with Crippen LogP contribution in [0.15, 0.2) is 79.0 Å². The van der Waals surface area contributed by atoms with Gasteiger partial charge in [0.2, 0.25) is 0 Å². The van der Waals surface area contributed by atoms with Crippen LogP contribution in [0.5, 0.6) is 5.75 Å². The maximum atomic E-state index is 14.3. The number of halogens is 1. The van der Waals surface area contributed by atoms with Crippen molar-refractivity contribution in [2.45, 2.75) is 18.4 Å². The predicted octanol–water partition coefficient (Wildman–Crippen LogP) is 4.64. The summed E-state index contributed by atoms with van der Waals surface area (Å²) in [6.07, 6.45) is 1.37. The molecular formula is C29H24FN3O5. The predicted molar refractivity (Wildman–Crippen MR) is 139 cm³/mol. The van der Waals surface area contributed by atoms with E-state index in [-0.39, 0.29) is 18.5 Å². The molecule has 0 aliphatic carbocycles. The van der Waals surface area contributed by atoms with Crippen LogP contribution in [0.1, 0.15) is 28.9 Å². The molecule has 2 heterocycles. The van der Waals surface area contributed by atoms with E-state index in [1.165, 1.54) is 43.4 Å². The van der Waals surface area contributed by atoms with Gasteiger partial charge in [-0.1, -0.05) is 30.3 Å². The van der Waals surface area contributed by atoms with Gasteiger partial charge in [-0.2, -0.15) is 0 Å². The maximum Gasteiger partial charge on any atom is 0.305 e. The number of carbonyl (C=O) groups is 3. The van der Waals surface area contributed by atoms with E-state index in [2.05, 4.69) is 10.3 Å². The van der Waals surface area contributed by atoms with Crippen molar-refractivity contribution in [1.82, 2.24) is 10.3 Å². The second-order valence-electron chi connectivity index (χ2n) is 8.85. The number of anilines is 2. The average molecular weight is 514 g/mol. The standard InChI is InChI=1S/C29H24FN3O5/c1-37-22-11-12-23-25(16-22)33(21-9-7-20(30)8-10-21)28(36)29(23,14-13-26(34)38-2)32-27(35)24-15-18-5-3-4-6-19(18)17-31-24/h3-12,15-17H,13-14H2,1-2H3,(H,32,35). The molecule has 1 aromatic heterocycles. The zero-order chi connectivity index (χ0) is 26.9. The molecule has 38 heavy (non-hydrogen) atoms. The molecule has 0 radical (unpaired) electrons. The minimum atomic E-state index is -1.63. The zero-order valence-electron chi connectivity index (χ0n) is 20.7. The second kappa shape index (κ2) is 9.93. The molecule has 5 rings (SSSR count). The number of benzene rings is 3. The number of amides is 2. The molecule has 2 amide bonds. The Kier molecular flexibility index (Phi) is 6.50. The Labute approximate surface area is 218 Å². The van der Waals surface area contributed by atoms with Gasteiger partial charge in [0.1, 0.15) is 22.8 Å². The molecule has 0 saturated heterocycles. The summed E-state index contributed by atoms with van der Waals surface area (Å²) in [6, 6.07) is 19.6. The monoisotopic (exact) mass is 513 g/mol. The number of pyridine rings is 1. The molecule has 9 heteroatoms. The fourth-order valence-corrected chi connectivity index (χ4v) is 4.73. The highest BCUT2D eigenvalue weighted by Gasteiger charge is 2.53. The summed E-state index contributed by atoms with van der Waals surface area (Å²) >= 11 is 0. The lowest BCUT2D eigenvalue weighted by Gasteiger charge is -2.30. The van der Waals surface area contributed by atoms with Gasteiger partial charge in [-0.15, -0.1) is 0 Å². The summed E-state index contributed by atoms with van der Waals surface area (Å²) in [5.41, 5.74) is -0.217. The normalized spacial score (nSPS) is 16.3. The third-order valence-corrected chi connectivity index (χ3v) is 6.68. The smallest absolute Gasteiger partial charge is 0.305 e. The van der Waals surface area contributed by atoms with Gasteiger partial charge >= 0.3 is 5.97 Å². The van der Waals surface area contributed by atoms with Crippen LogP contribution < -0.4 is 15.0 Å². The Bertz CT molecular complexity index is 1560. The van der Waals surface area contributed by atoms with Crippen molar-refractivity contribution in [3.63, 3.8) is 0 Å². The van der Waals surface area contributed by atoms with Crippen LogP contribution in [0, 0.1) is 5.82 Å². The molecule has 0 saturated carbocycles. The first kappa shape index (κ1) is 24.9. The van der Waals surface area contributed by atoms with Crippen molar-refractivity contribution in [1.29, 1.82) is 0 Å². The molecule has 0 spiro atoms. The topological polar surface area (TPSA) is 97.8 Å². The second-order valence-corrected chi connectivity index (χ2v) is 8.85.